The summed E-state index contributed by atoms with van der Waals surface area (Å²) < 4.78 is 4.88. The molecular weight excluding hydrogens is 292 g/mol. The van der Waals surface area contributed by atoms with Gasteiger partial charge in [0.2, 0.25) is 11.8 Å². The quantitative estimate of drug-likeness (QED) is 0.625. The highest BCUT2D eigenvalue weighted by Crippen LogP contribution is 2.47. The number of amides is 2. The first-order chi connectivity index (χ1) is 9.99. The molecule has 1 aliphatic carbocycles. The Kier molecular flexibility index (Phi) is 4.85. The fourth-order valence-electron chi connectivity index (χ4n) is 2.09. The van der Waals surface area contributed by atoms with Gasteiger partial charge in [0.25, 0.3) is 0 Å². The highest BCUT2D eigenvalue weighted by Gasteiger charge is 2.56. The first-order valence-electron chi connectivity index (χ1n) is 6.84. The van der Waals surface area contributed by atoms with Crippen molar-refractivity contribution in [2.45, 2.75) is 19.8 Å². The van der Waals surface area contributed by atoms with Gasteiger partial charge in [-0.3, -0.25) is 9.59 Å². The first-order valence-corrected chi connectivity index (χ1v) is 7.22. The third kappa shape index (κ3) is 3.54. The Bertz CT molecular complexity index is 556. The van der Waals surface area contributed by atoms with Crippen LogP contribution in [0, 0.1) is 12.3 Å². The molecule has 2 N–H and O–H groups in total. The van der Waals surface area contributed by atoms with Crippen molar-refractivity contribution in [3.8, 4) is 0 Å². The van der Waals surface area contributed by atoms with Crippen LogP contribution in [0.1, 0.15) is 18.4 Å². The van der Waals surface area contributed by atoms with Gasteiger partial charge in [-0.15, -0.1) is 0 Å². The minimum absolute atomic E-state index is 0.239. The Balaban J connectivity index is 2.02. The Hall–Kier alpha value is -1.59. The average Bonchev–Trinajstić information content (AvgIpc) is 3.24. The largest absolute Gasteiger partial charge is 0.383 e. The predicted molar refractivity (Wildman–Crippen MR) is 81.4 cm³/mol. The minimum Gasteiger partial charge on any atom is -0.383 e. The molecular formula is C15H19ClN2O3. The summed E-state index contributed by atoms with van der Waals surface area (Å²) in [4.78, 5) is 24.5. The molecule has 0 radical (unpaired) electrons. The second-order valence-corrected chi connectivity index (χ2v) is 5.68. The molecule has 1 aromatic rings. The summed E-state index contributed by atoms with van der Waals surface area (Å²) in [6.45, 7) is 2.71. The minimum atomic E-state index is -0.942. The van der Waals surface area contributed by atoms with Crippen molar-refractivity contribution < 1.29 is 14.3 Å². The molecule has 1 aliphatic rings. The maximum absolute atomic E-state index is 12.4. The van der Waals surface area contributed by atoms with E-state index in [-0.39, 0.29) is 11.8 Å². The summed E-state index contributed by atoms with van der Waals surface area (Å²) in [6, 6.07) is 5.28. The van der Waals surface area contributed by atoms with Crippen molar-refractivity contribution >= 4 is 29.1 Å². The van der Waals surface area contributed by atoms with E-state index in [0.29, 0.717) is 36.7 Å². The number of anilines is 1. The molecule has 1 aromatic carbocycles. The lowest BCUT2D eigenvalue weighted by atomic mass is 10.0. The molecule has 6 heteroatoms. The number of rotatable bonds is 6. The number of nitrogens with one attached hydrogen (secondary N) is 2. The SMILES string of the molecule is COCCNC(=O)C1(C(=O)Nc2cc(Cl)ccc2C)CC1. The summed E-state index contributed by atoms with van der Waals surface area (Å²) >= 11 is 5.93. The number of carbonyl (C=O) groups is 2. The molecule has 0 spiro atoms. The lowest BCUT2D eigenvalue weighted by Gasteiger charge is -2.16. The Morgan fingerprint density at radius 1 is 1.33 bits per heavy atom. The molecule has 2 amide bonds. The van der Waals surface area contributed by atoms with E-state index in [2.05, 4.69) is 10.6 Å². The molecule has 1 fully saturated rings. The second kappa shape index (κ2) is 6.45. The predicted octanol–water partition coefficient (Wildman–Crippen LogP) is 2.13. The van der Waals surface area contributed by atoms with Crippen LogP contribution in [0.3, 0.4) is 0 Å². The van der Waals surface area contributed by atoms with Gasteiger partial charge in [-0.1, -0.05) is 17.7 Å². The maximum Gasteiger partial charge on any atom is 0.240 e. The van der Waals surface area contributed by atoms with Gasteiger partial charge in [-0.2, -0.15) is 0 Å². The van der Waals surface area contributed by atoms with E-state index in [1.165, 1.54) is 0 Å². The average molecular weight is 311 g/mol. The fourth-order valence-corrected chi connectivity index (χ4v) is 2.26. The normalized spacial score (nSPS) is 15.4. The number of aryl methyl sites for hydroxylation is 1. The third-order valence-corrected chi connectivity index (χ3v) is 3.89. The summed E-state index contributed by atoms with van der Waals surface area (Å²) in [5.41, 5.74) is 0.606. The molecule has 21 heavy (non-hydrogen) atoms. The number of hydrogen-bond acceptors (Lipinski definition) is 3. The lowest BCUT2D eigenvalue weighted by molar-refractivity contribution is -0.134. The first kappa shape index (κ1) is 15.8. The molecule has 0 heterocycles. The molecule has 0 unspecified atom stereocenters. The molecule has 0 aromatic heterocycles. The van der Waals surface area contributed by atoms with Gasteiger partial charge >= 0.3 is 0 Å². The van der Waals surface area contributed by atoms with Gasteiger partial charge in [0.05, 0.1) is 6.61 Å². The number of carbonyl (C=O) groups excluding carboxylic acids is 2. The lowest BCUT2D eigenvalue weighted by Crippen LogP contribution is -2.41. The van der Waals surface area contributed by atoms with Crippen LogP contribution in [0.4, 0.5) is 5.69 Å². The monoisotopic (exact) mass is 310 g/mol. The molecule has 0 atom stereocenters. The van der Waals surface area contributed by atoms with Gasteiger partial charge in [0, 0.05) is 24.4 Å². The van der Waals surface area contributed by atoms with Crippen LogP contribution in [0.5, 0.6) is 0 Å². The topological polar surface area (TPSA) is 67.4 Å². The van der Waals surface area contributed by atoms with Gasteiger partial charge in [0.15, 0.2) is 0 Å². The van der Waals surface area contributed by atoms with Crippen LogP contribution in [0.25, 0.3) is 0 Å². The zero-order valence-electron chi connectivity index (χ0n) is 12.2. The zero-order valence-corrected chi connectivity index (χ0v) is 12.9. The Morgan fingerprint density at radius 2 is 2.05 bits per heavy atom. The molecule has 0 aliphatic heterocycles. The zero-order chi connectivity index (χ0) is 15.5. The standard InChI is InChI=1S/C15H19ClN2O3/c1-10-3-4-11(16)9-12(10)18-14(20)15(5-6-15)13(19)17-7-8-21-2/h3-4,9H,5-8H2,1-2H3,(H,17,19)(H,18,20). The molecule has 5 nitrogen and oxygen atoms in total. The summed E-state index contributed by atoms with van der Waals surface area (Å²) in [6.07, 6.45) is 1.13. The van der Waals surface area contributed by atoms with Crippen LogP contribution >= 0.6 is 11.6 Å². The maximum atomic E-state index is 12.4. The second-order valence-electron chi connectivity index (χ2n) is 5.24. The van der Waals surface area contributed by atoms with Gasteiger partial charge in [-0.05, 0) is 37.5 Å². The number of benzene rings is 1. The van der Waals surface area contributed by atoms with E-state index < -0.39 is 5.41 Å². The van der Waals surface area contributed by atoms with Crippen LogP contribution < -0.4 is 10.6 Å². The number of halogens is 1. The van der Waals surface area contributed by atoms with Gasteiger partial charge in [-0.25, -0.2) is 0 Å². The number of hydrogen-bond donors (Lipinski definition) is 2. The van der Waals surface area contributed by atoms with E-state index in [4.69, 9.17) is 16.3 Å². The smallest absolute Gasteiger partial charge is 0.240 e. The summed E-state index contributed by atoms with van der Waals surface area (Å²) in [5.74, 6) is -0.514. The van der Waals surface area contributed by atoms with Crippen molar-refractivity contribution in [2.24, 2.45) is 5.41 Å². The molecule has 0 saturated heterocycles. The fraction of sp³-hybridized carbons (Fsp3) is 0.467. The number of methoxy groups -OCH3 is 1. The van der Waals surface area contributed by atoms with Crippen LogP contribution in [0.15, 0.2) is 18.2 Å². The molecule has 1 saturated carbocycles. The summed E-state index contributed by atoms with van der Waals surface area (Å²) in [7, 11) is 1.56. The molecule has 114 valence electrons. The molecule has 0 bridgehead atoms. The van der Waals surface area contributed by atoms with E-state index in [1.54, 1.807) is 19.2 Å². The van der Waals surface area contributed by atoms with Gasteiger partial charge < -0.3 is 15.4 Å². The van der Waals surface area contributed by atoms with Crippen molar-refractivity contribution in [3.05, 3.63) is 28.8 Å². The van der Waals surface area contributed by atoms with E-state index in [9.17, 15) is 9.59 Å². The van der Waals surface area contributed by atoms with Crippen molar-refractivity contribution in [1.82, 2.24) is 5.32 Å². The van der Waals surface area contributed by atoms with Crippen LogP contribution in [0.2, 0.25) is 5.02 Å². The summed E-state index contributed by atoms with van der Waals surface area (Å²) in [5, 5.41) is 6.08. The third-order valence-electron chi connectivity index (χ3n) is 3.66. The molecule has 2 rings (SSSR count). The number of ether oxygens (including phenoxy) is 1. The van der Waals surface area contributed by atoms with E-state index in [1.807, 2.05) is 13.0 Å². The van der Waals surface area contributed by atoms with Crippen molar-refractivity contribution in [3.63, 3.8) is 0 Å². The van der Waals surface area contributed by atoms with Crippen molar-refractivity contribution in [1.29, 1.82) is 0 Å². The van der Waals surface area contributed by atoms with Crippen LogP contribution in [-0.4, -0.2) is 32.1 Å². The van der Waals surface area contributed by atoms with Crippen LogP contribution in [-0.2, 0) is 14.3 Å². The van der Waals surface area contributed by atoms with E-state index >= 15 is 0 Å². The van der Waals surface area contributed by atoms with Crippen molar-refractivity contribution in [2.75, 3.05) is 25.6 Å². The Morgan fingerprint density at radius 3 is 2.67 bits per heavy atom. The Labute approximate surface area is 129 Å². The van der Waals surface area contributed by atoms with Gasteiger partial charge in [0.1, 0.15) is 5.41 Å². The highest BCUT2D eigenvalue weighted by molar-refractivity contribution is 6.31. The van der Waals surface area contributed by atoms with E-state index in [0.717, 1.165) is 5.56 Å². The highest BCUT2D eigenvalue weighted by atomic mass is 35.5.